The number of nitrogen functional groups attached to an aromatic ring is 1. The zero-order chi connectivity index (χ0) is 14.3. The minimum Gasteiger partial charge on any atom is -0.461 e. The van der Waals surface area contributed by atoms with Gasteiger partial charge in [-0.05, 0) is 27.7 Å². The minimum absolute atomic E-state index is 0.0248. The lowest BCUT2D eigenvalue weighted by Gasteiger charge is -2.14. The number of nitrogens with zero attached hydrogens (tertiary/aromatic N) is 3. The molecule has 0 saturated heterocycles. The van der Waals surface area contributed by atoms with Gasteiger partial charge in [-0.1, -0.05) is 0 Å². The first-order valence-electron chi connectivity index (χ1n) is 6.30. The SMILES string of the molecule is CCOC(C)CNc1nc(NN)nc(OC(C)C)n1. The molecule has 1 aromatic rings. The lowest BCUT2D eigenvalue weighted by atomic mass is 10.4. The van der Waals surface area contributed by atoms with Crippen molar-refractivity contribution in [1.82, 2.24) is 15.0 Å². The van der Waals surface area contributed by atoms with Gasteiger partial charge in [-0.15, -0.1) is 0 Å². The largest absolute Gasteiger partial charge is 0.461 e. The van der Waals surface area contributed by atoms with E-state index in [2.05, 4.69) is 25.7 Å². The van der Waals surface area contributed by atoms with Crippen LogP contribution in [0.25, 0.3) is 0 Å². The molecule has 1 heterocycles. The number of aromatic nitrogens is 3. The standard InChI is InChI=1S/C11H22N6O2/c1-5-18-8(4)6-13-9-14-10(17-12)16-11(15-9)19-7(2)3/h7-8H,5-6,12H2,1-4H3,(H2,13,14,15,16,17). The smallest absolute Gasteiger partial charge is 0.323 e. The predicted molar refractivity (Wildman–Crippen MR) is 73.0 cm³/mol. The number of hydrogen-bond acceptors (Lipinski definition) is 8. The van der Waals surface area contributed by atoms with E-state index in [1.807, 2.05) is 27.7 Å². The lowest BCUT2D eigenvalue weighted by molar-refractivity contribution is 0.0854. The van der Waals surface area contributed by atoms with Crippen LogP contribution in [0.2, 0.25) is 0 Å². The topological polar surface area (TPSA) is 107 Å². The first kappa shape index (κ1) is 15.4. The van der Waals surface area contributed by atoms with Gasteiger partial charge in [0.1, 0.15) is 0 Å². The molecular weight excluding hydrogens is 248 g/mol. The van der Waals surface area contributed by atoms with E-state index < -0.39 is 0 Å². The van der Waals surface area contributed by atoms with Gasteiger partial charge in [0, 0.05) is 13.2 Å². The summed E-state index contributed by atoms with van der Waals surface area (Å²) >= 11 is 0. The number of anilines is 2. The monoisotopic (exact) mass is 270 g/mol. The molecular formula is C11H22N6O2. The van der Waals surface area contributed by atoms with Crippen LogP contribution in [-0.2, 0) is 4.74 Å². The summed E-state index contributed by atoms with van der Waals surface area (Å²) in [4.78, 5) is 12.2. The summed E-state index contributed by atoms with van der Waals surface area (Å²) in [6, 6.07) is 0.226. The first-order chi connectivity index (χ1) is 9.05. The van der Waals surface area contributed by atoms with E-state index in [9.17, 15) is 0 Å². The van der Waals surface area contributed by atoms with Gasteiger partial charge in [-0.2, -0.15) is 15.0 Å². The zero-order valence-electron chi connectivity index (χ0n) is 11.8. The average Bonchev–Trinajstić information content (AvgIpc) is 2.35. The second-order valence-electron chi connectivity index (χ2n) is 4.22. The summed E-state index contributed by atoms with van der Waals surface area (Å²) < 4.78 is 10.8. The Morgan fingerprint density at radius 1 is 1.16 bits per heavy atom. The third-order valence-electron chi connectivity index (χ3n) is 2.08. The van der Waals surface area contributed by atoms with Crippen molar-refractivity contribution in [1.29, 1.82) is 0 Å². The molecule has 1 atom stereocenters. The lowest BCUT2D eigenvalue weighted by Crippen LogP contribution is -2.22. The molecule has 19 heavy (non-hydrogen) atoms. The van der Waals surface area contributed by atoms with Crippen LogP contribution in [0.5, 0.6) is 6.01 Å². The molecule has 4 N–H and O–H groups in total. The molecule has 1 rings (SSSR count). The molecule has 0 aliphatic carbocycles. The van der Waals surface area contributed by atoms with Crippen molar-refractivity contribution in [2.45, 2.75) is 39.9 Å². The molecule has 1 unspecified atom stereocenters. The Morgan fingerprint density at radius 3 is 2.42 bits per heavy atom. The van der Waals surface area contributed by atoms with Crippen LogP contribution in [0, 0.1) is 0 Å². The number of hydrazine groups is 1. The molecule has 8 nitrogen and oxygen atoms in total. The van der Waals surface area contributed by atoms with Crippen LogP contribution in [-0.4, -0.2) is 40.3 Å². The fraction of sp³-hybridized carbons (Fsp3) is 0.727. The predicted octanol–water partition coefficient (Wildman–Crippen LogP) is 0.781. The molecule has 0 aliphatic heterocycles. The quantitative estimate of drug-likeness (QED) is 0.470. The molecule has 0 bridgehead atoms. The van der Waals surface area contributed by atoms with Crippen molar-refractivity contribution in [3.05, 3.63) is 0 Å². The minimum atomic E-state index is -0.0248. The number of nitrogens with one attached hydrogen (secondary N) is 2. The zero-order valence-corrected chi connectivity index (χ0v) is 11.8. The first-order valence-corrected chi connectivity index (χ1v) is 6.30. The molecule has 0 aromatic carbocycles. The Morgan fingerprint density at radius 2 is 1.84 bits per heavy atom. The normalized spacial score (nSPS) is 12.3. The number of hydrogen-bond donors (Lipinski definition) is 3. The Bertz CT molecular complexity index is 387. The molecule has 0 spiro atoms. The maximum Gasteiger partial charge on any atom is 0.323 e. The second kappa shape index (κ2) is 7.70. The van der Waals surface area contributed by atoms with Gasteiger partial charge >= 0.3 is 6.01 Å². The van der Waals surface area contributed by atoms with E-state index in [0.717, 1.165) is 0 Å². The Kier molecular flexibility index (Phi) is 6.23. The van der Waals surface area contributed by atoms with Crippen LogP contribution >= 0.6 is 0 Å². The maximum atomic E-state index is 5.42. The molecule has 108 valence electrons. The van der Waals surface area contributed by atoms with Crippen molar-refractivity contribution < 1.29 is 9.47 Å². The van der Waals surface area contributed by atoms with Crippen molar-refractivity contribution in [2.75, 3.05) is 23.9 Å². The molecule has 1 aromatic heterocycles. The highest BCUT2D eigenvalue weighted by Gasteiger charge is 2.09. The maximum absolute atomic E-state index is 5.42. The van der Waals surface area contributed by atoms with Crippen LogP contribution in [0.15, 0.2) is 0 Å². The fourth-order valence-corrected chi connectivity index (χ4v) is 1.34. The van der Waals surface area contributed by atoms with Crippen LogP contribution in [0.3, 0.4) is 0 Å². The highest BCUT2D eigenvalue weighted by Crippen LogP contribution is 2.11. The van der Waals surface area contributed by atoms with Crippen molar-refractivity contribution >= 4 is 11.9 Å². The molecule has 0 amide bonds. The molecule has 0 fully saturated rings. The number of ether oxygens (including phenoxy) is 2. The van der Waals surface area contributed by atoms with Gasteiger partial charge in [0.2, 0.25) is 11.9 Å². The van der Waals surface area contributed by atoms with Crippen molar-refractivity contribution in [3.63, 3.8) is 0 Å². The molecule has 8 heteroatoms. The molecule has 0 saturated carbocycles. The summed E-state index contributed by atoms with van der Waals surface area (Å²) in [5.41, 5.74) is 2.38. The van der Waals surface area contributed by atoms with Crippen LogP contribution in [0.4, 0.5) is 11.9 Å². The van der Waals surface area contributed by atoms with Crippen molar-refractivity contribution in [2.24, 2.45) is 5.84 Å². The van der Waals surface area contributed by atoms with E-state index in [1.54, 1.807) is 0 Å². The van der Waals surface area contributed by atoms with Gasteiger partial charge in [-0.3, -0.25) is 5.43 Å². The van der Waals surface area contributed by atoms with Gasteiger partial charge in [0.05, 0.1) is 12.2 Å². The third-order valence-corrected chi connectivity index (χ3v) is 2.08. The average molecular weight is 270 g/mol. The molecule has 0 aliphatic rings. The van der Waals surface area contributed by atoms with E-state index in [-0.39, 0.29) is 24.2 Å². The van der Waals surface area contributed by atoms with Gasteiger partial charge in [-0.25, -0.2) is 5.84 Å². The van der Waals surface area contributed by atoms with Crippen LogP contribution in [0.1, 0.15) is 27.7 Å². The van der Waals surface area contributed by atoms with Crippen molar-refractivity contribution in [3.8, 4) is 6.01 Å². The summed E-state index contributed by atoms with van der Waals surface area (Å²) in [6.07, 6.45) is 0.0359. The van der Waals surface area contributed by atoms with E-state index >= 15 is 0 Å². The Balaban J connectivity index is 2.70. The summed E-state index contributed by atoms with van der Waals surface area (Å²) in [5.74, 6) is 5.95. The van der Waals surface area contributed by atoms with Gasteiger partial charge in [0.15, 0.2) is 0 Å². The van der Waals surface area contributed by atoms with E-state index in [0.29, 0.717) is 19.1 Å². The number of rotatable bonds is 8. The molecule has 0 radical (unpaired) electrons. The highest BCUT2D eigenvalue weighted by atomic mass is 16.5. The third kappa shape index (κ3) is 5.66. The second-order valence-corrected chi connectivity index (χ2v) is 4.22. The van der Waals surface area contributed by atoms with E-state index in [4.69, 9.17) is 15.3 Å². The Labute approximate surface area is 113 Å². The Hall–Kier alpha value is -1.67. The van der Waals surface area contributed by atoms with E-state index in [1.165, 1.54) is 0 Å². The summed E-state index contributed by atoms with van der Waals surface area (Å²) in [5, 5.41) is 3.05. The summed E-state index contributed by atoms with van der Waals surface area (Å²) in [6.45, 7) is 8.95. The van der Waals surface area contributed by atoms with Gasteiger partial charge in [0.25, 0.3) is 0 Å². The summed E-state index contributed by atoms with van der Waals surface area (Å²) in [7, 11) is 0. The fourth-order valence-electron chi connectivity index (χ4n) is 1.34. The van der Waals surface area contributed by atoms with Gasteiger partial charge < -0.3 is 14.8 Å². The number of nitrogens with two attached hydrogens (primary N) is 1. The highest BCUT2D eigenvalue weighted by molar-refractivity contribution is 5.34. The van der Waals surface area contributed by atoms with Crippen LogP contribution < -0.4 is 21.3 Å².